The molecule has 28 heavy (non-hydrogen) atoms. The van der Waals surface area contributed by atoms with Crippen molar-refractivity contribution in [3.63, 3.8) is 0 Å². The Kier molecular flexibility index (Phi) is 9.50. The van der Waals surface area contributed by atoms with Crippen LogP contribution in [-0.4, -0.2) is 72.9 Å². The van der Waals surface area contributed by atoms with Crippen LogP contribution in [0.1, 0.15) is 26.2 Å². The fourth-order valence-corrected chi connectivity index (χ4v) is 2.96. The second kappa shape index (κ2) is 12.1. The Bertz CT molecular complexity index is 617. The molecule has 1 fully saturated rings. The van der Waals surface area contributed by atoms with Crippen molar-refractivity contribution in [1.82, 2.24) is 15.5 Å². The molecule has 0 aliphatic carbocycles. The van der Waals surface area contributed by atoms with Crippen molar-refractivity contribution in [3.05, 3.63) is 34.4 Å². The molecular weight excluding hydrogens is 362 g/mol. The molecule has 1 heterocycles. The Labute approximate surface area is 165 Å². The molecule has 9 nitrogen and oxygen atoms in total. The molecule has 0 radical (unpaired) electrons. The first-order chi connectivity index (χ1) is 13.6. The predicted molar refractivity (Wildman–Crippen MR) is 109 cm³/mol. The number of piperidine rings is 1. The zero-order chi connectivity index (χ0) is 20.2. The molecule has 3 N–H and O–H groups in total. The fraction of sp³-hybridized carbons (Fsp3) is 0.632. The number of hydrogen-bond acceptors (Lipinski definition) is 6. The van der Waals surface area contributed by atoms with E-state index in [2.05, 4.69) is 20.5 Å². The van der Waals surface area contributed by atoms with E-state index in [4.69, 9.17) is 4.74 Å². The molecule has 2 rings (SSSR count). The molecule has 1 saturated heterocycles. The number of nitrogens with zero attached hydrogens (tertiary/aromatic N) is 3. The third-order valence-corrected chi connectivity index (χ3v) is 4.46. The lowest BCUT2D eigenvalue weighted by atomic mass is 10.1. The number of non-ortho nitro benzene ring substituents is 1. The van der Waals surface area contributed by atoms with Crippen LogP contribution in [0.3, 0.4) is 0 Å². The van der Waals surface area contributed by atoms with Gasteiger partial charge < -0.3 is 25.4 Å². The number of rotatable bonds is 10. The summed E-state index contributed by atoms with van der Waals surface area (Å²) < 4.78 is 5.47. The second-order valence-electron chi connectivity index (χ2n) is 6.76. The van der Waals surface area contributed by atoms with Gasteiger partial charge in [0.1, 0.15) is 18.5 Å². The third kappa shape index (κ3) is 8.10. The highest BCUT2D eigenvalue weighted by Crippen LogP contribution is 2.17. The highest BCUT2D eigenvalue weighted by atomic mass is 16.6. The van der Waals surface area contributed by atoms with Crippen LogP contribution in [0, 0.1) is 10.1 Å². The van der Waals surface area contributed by atoms with E-state index in [0.29, 0.717) is 11.7 Å². The quantitative estimate of drug-likeness (QED) is 0.238. The first-order valence-corrected chi connectivity index (χ1v) is 9.88. The zero-order valence-corrected chi connectivity index (χ0v) is 16.5. The number of aliphatic hydroxyl groups is 1. The van der Waals surface area contributed by atoms with Crippen molar-refractivity contribution >= 4 is 11.6 Å². The van der Waals surface area contributed by atoms with Gasteiger partial charge in [0, 0.05) is 31.8 Å². The fourth-order valence-electron chi connectivity index (χ4n) is 2.96. The van der Waals surface area contributed by atoms with Crippen molar-refractivity contribution < 1.29 is 14.8 Å². The Balaban J connectivity index is 1.71. The predicted octanol–water partition coefficient (Wildman–Crippen LogP) is 1.38. The maximum absolute atomic E-state index is 10.6. The summed E-state index contributed by atoms with van der Waals surface area (Å²) >= 11 is 0. The Morgan fingerprint density at radius 1 is 1.29 bits per heavy atom. The average molecular weight is 393 g/mol. The highest BCUT2D eigenvalue weighted by molar-refractivity contribution is 5.79. The molecule has 0 saturated carbocycles. The lowest BCUT2D eigenvalue weighted by molar-refractivity contribution is -0.384. The zero-order valence-electron chi connectivity index (χ0n) is 16.5. The summed E-state index contributed by atoms with van der Waals surface area (Å²) in [6.07, 6.45) is 3.10. The van der Waals surface area contributed by atoms with Crippen LogP contribution in [0.2, 0.25) is 0 Å². The molecule has 0 spiro atoms. The Hall–Kier alpha value is -2.39. The summed E-state index contributed by atoms with van der Waals surface area (Å²) in [5.41, 5.74) is 0.00316. The van der Waals surface area contributed by atoms with E-state index < -0.39 is 11.0 Å². The summed E-state index contributed by atoms with van der Waals surface area (Å²) in [4.78, 5) is 17.0. The van der Waals surface area contributed by atoms with Crippen molar-refractivity contribution in [2.75, 3.05) is 45.9 Å². The van der Waals surface area contributed by atoms with Gasteiger partial charge in [-0.3, -0.25) is 15.1 Å². The molecule has 0 aromatic heterocycles. The molecule has 1 aliphatic heterocycles. The van der Waals surface area contributed by atoms with Gasteiger partial charge in [-0.05, 0) is 45.0 Å². The second-order valence-corrected chi connectivity index (χ2v) is 6.76. The van der Waals surface area contributed by atoms with Crippen molar-refractivity contribution in [2.24, 2.45) is 4.99 Å². The molecule has 156 valence electrons. The largest absolute Gasteiger partial charge is 0.491 e. The van der Waals surface area contributed by atoms with Gasteiger partial charge in [-0.15, -0.1) is 0 Å². The molecule has 9 heteroatoms. The van der Waals surface area contributed by atoms with Crippen molar-refractivity contribution in [1.29, 1.82) is 0 Å². The number of hydrogen-bond donors (Lipinski definition) is 3. The minimum Gasteiger partial charge on any atom is -0.491 e. The van der Waals surface area contributed by atoms with Crippen LogP contribution >= 0.6 is 0 Å². The number of ether oxygens (including phenoxy) is 1. The van der Waals surface area contributed by atoms with Gasteiger partial charge in [-0.1, -0.05) is 6.42 Å². The monoisotopic (exact) mass is 393 g/mol. The number of nitro groups is 1. The van der Waals surface area contributed by atoms with Crippen LogP contribution in [0.5, 0.6) is 5.75 Å². The smallest absolute Gasteiger partial charge is 0.269 e. The summed E-state index contributed by atoms with van der Waals surface area (Å²) in [5.74, 6) is 1.15. The van der Waals surface area contributed by atoms with Gasteiger partial charge in [-0.25, -0.2) is 0 Å². The minimum absolute atomic E-state index is 0.00316. The summed E-state index contributed by atoms with van der Waals surface area (Å²) in [5, 5.41) is 27.2. The minimum atomic E-state index is -0.771. The van der Waals surface area contributed by atoms with E-state index >= 15 is 0 Å². The van der Waals surface area contributed by atoms with E-state index in [9.17, 15) is 15.2 Å². The average Bonchev–Trinajstić information content (AvgIpc) is 2.71. The van der Waals surface area contributed by atoms with Crippen LogP contribution in [0.25, 0.3) is 0 Å². The molecular formula is C19H31N5O4. The maximum atomic E-state index is 10.6. The number of nitrogens with one attached hydrogen (secondary N) is 2. The first kappa shape index (κ1) is 21.9. The van der Waals surface area contributed by atoms with Crippen LogP contribution in [-0.2, 0) is 0 Å². The van der Waals surface area contributed by atoms with E-state index in [1.807, 2.05) is 6.92 Å². The van der Waals surface area contributed by atoms with E-state index in [-0.39, 0.29) is 18.8 Å². The highest BCUT2D eigenvalue weighted by Gasteiger charge is 2.10. The molecule has 1 aliphatic rings. The lowest BCUT2D eigenvalue weighted by Crippen LogP contribution is -2.43. The van der Waals surface area contributed by atoms with Gasteiger partial charge in [0.15, 0.2) is 5.96 Å². The molecule has 1 aromatic carbocycles. The van der Waals surface area contributed by atoms with E-state index in [0.717, 1.165) is 32.7 Å². The summed E-state index contributed by atoms with van der Waals surface area (Å²) in [7, 11) is 0. The number of aliphatic hydroxyl groups excluding tert-OH is 1. The molecule has 0 amide bonds. The standard InChI is InChI=1S/C19H31N5O4/c1-2-20-19(21-10-13-23-11-4-3-5-12-23)22-14-17(25)15-28-18-8-6-16(7-9-18)24(26)27/h6-9,17,25H,2-5,10-15H2,1H3,(H2,20,21,22). The van der Waals surface area contributed by atoms with Crippen LogP contribution < -0.4 is 15.4 Å². The lowest BCUT2D eigenvalue weighted by Gasteiger charge is -2.26. The SMILES string of the molecule is CCNC(=NCC(O)COc1ccc([N+](=O)[O-])cc1)NCCN1CCCCC1. The van der Waals surface area contributed by atoms with Gasteiger partial charge in [0.05, 0.1) is 11.5 Å². The van der Waals surface area contributed by atoms with Crippen LogP contribution in [0.4, 0.5) is 5.69 Å². The molecule has 0 bridgehead atoms. The Morgan fingerprint density at radius 3 is 2.64 bits per heavy atom. The number of benzene rings is 1. The van der Waals surface area contributed by atoms with Crippen LogP contribution in [0.15, 0.2) is 29.3 Å². The summed E-state index contributed by atoms with van der Waals surface area (Å²) in [6, 6.07) is 5.77. The van der Waals surface area contributed by atoms with E-state index in [1.165, 1.54) is 43.5 Å². The molecule has 1 atom stereocenters. The van der Waals surface area contributed by atoms with Crippen molar-refractivity contribution in [2.45, 2.75) is 32.3 Å². The molecule has 1 aromatic rings. The number of likely N-dealkylation sites (tertiary alicyclic amines) is 1. The van der Waals surface area contributed by atoms with Gasteiger partial charge in [0.25, 0.3) is 5.69 Å². The first-order valence-electron chi connectivity index (χ1n) is 9.88. The van der Waals surface area contributed by atoms with Gasteiger partial charge >= 0.3 is 0 Å². The molecule has 1 unspecified atom stereocenters. The van der Waals surface area contributed by atoms with E-state index in [1.54, 1.807) is 0 Å². The maximum Gasteiger partial charge on any atom is 0.269 e. The van der Waals surface area contributed by atoms with Gasteiger partial charge in [0.2, 0.25) is 0 Å². The normalized spacial score (nSPS) is 16.4. The number of guanidine groups is 1. The van der Waals surface area contributed by atoms with Crippen molar-refractivity contribution in [3.8, 4) is 5.75 Å². The Morgan fingerprint density at radius 2 is 2.00 bits per heavy atom. The summed E-state index contributed by atoms with van der Waals surface area (Å²) in [6.45, 7) is 7.11. The topological polar surface area (TPSA) is 112 Å². The third-order valence-electron chi connectivity index (χ3n) is 4.46. The number of nitro benzene ring substituents is 1. The van der Waals surface area contributed by atoms with Gasteiger partial charge in [-0.2, -0.15) is 0 Å². The number of aliphatic imine (C=N–C) groups is 1.